The van der Waals surface area contributed by atoms with Gasteiger partial charge in [-0.2, -0.15) is 0 Å². The molecule has 0 aliphatic heterocycles. The van der Waals surface area contributed by atoms with Crippen LogP contribution in [-0.2, 0) is 0 Å². The summed E-state index contributed by atoms with van der Waals surface area (Å²) in [5, 5.41) is 0. The summed E-state index contributed by atoms with van der Waals surface area (Å²) < 4.78 is 5.51. The van der Waals surface area contributed by atoms with E-state index in [2.05, 4.69) is 6.92 Å². The number of hydrogen-bond donors (Lipinski definition) is 1. The van der Waals surface area contributed by atoms with Gasteiger partial charge in [-0.15, -0.1) is 0 Å². The number of carbonyl (C=O) groups is 1. The van der Waals surface area contributed by atoms with Crippen LogP contribution in [0.3, 0.4) is 0 Å². The highest BCUT2D eigenvalue weighted by atomic mass is 16.5. The van der Waals surface area contributed by atoms with Gasteiger partial charge in [-0.25, -0.2) is 0 Å². The fraction of sp³-hybridized carbons (Fsp3) is 0.562. The maximum atomic E-state index is 12.2. The van der Waals surface area contributed by atoms with Gasteiger partial charge in [-0.3, -0.25) is 4.79 Å². The molecular weight excluding hydrogens is 238 g/mol. The summed E-state index contributed by atoms with van der Waals surface area (Å²) in [7, 11) is 0. The third kappa shape index (κ3) is 3.80. The quantitative estimate of drug-likeness (QED) is 0.799. The Kier molecular flexibility index (Phi) is 4.59. The molecule has 1 aromatic rings. The van der Waals surface area contributed by atoms with Gasteiger partial charge in [0.2, 0.25) is 0 Å². The first-order valence-corrected chi connectivity index (χ1v) is 7.18. The smallest absolute Gasteiger partial charge is 0.164 e. The van der Waals surface area contributed by atoms with Gasteiger partial charge < -0.3 is 10.5 Å². The number of nitrogens with two attached hydrogens (primary N) is 1. The van der Waals surface area contributed by atoms with Crippen molar-refractivity contribution in [2.75, 3.05) is 6.61 Å². The van der Waals surface area contributed by atoms with E-state index in [1.807, 2.05) is 24.3 Å². The number of Topliss-reactive ketones (excluding diaryl/α,β-unsaturated/α-hetero) is 1. The van der Waals surface area contributed by atoms with Crippen LogP contribution in [0, 0.1) is 0 Å². The van der Waals surface area contributed by atoms with E-state index in [0.717, 1.165) is 43.4 Å². The lowest BCUT2D eigenvalue weighted by molar-refractivity contribution is 0.0952. The number of ketones is 1. The maximum absolute atomic E-state index is 12.2. The topological polar surface area (TPSA) is 52.3 Å². The first-order chi connectivity index (χ1) is 9.13. The van der Waals surface area contributed by atoms with E-state index in [0.29, 0.717) is 13.0 Å². The lowest BCUT2D eigenvalue weighted by Crippen LogP contribution is -2.38. The average molecular weight is 261 g/mol. The summed E-state index contributed by atoms with van der Waals surface area (Å²) in [6.45, 7) is 2.78. The van der Waals surface area contributed by atoms with Crippen LogP contribution in [0.1, 0.15) is 55.8 Å². The van der Waals surface area contributed by atoms with E-state index in [4.69, 9.17) is 10.5 Å². The second-order valence-corrected chi connectivity index (χ2v) is 5.54. The monoisotopic (exact) mass is 261 g/mol. The summed E-state index contributed by atoms with van der Waals surface area (Å²) >= 11 is 0. The molecule has 0 unspecified atom stereocenters. The van der Waals surface area contributed by atoms with Crippen molar-refractivity contribution in [1.82, 2.24) is 0 Å². The van der Waals surface area contributed by atoms with Crippen molar-refractivity contribution in [2.45, 2.75) is 51.0 Å². The van der Waals surface area contributed by atoms with Gasteiger partial charge >= 0.3 is 0 Å². The summed E-state index contributed by atoms with van der Waals surface area (Å²) in [4.78, 5) is 12.2. The molecule has 0 radical (unpaired) electrons. The molecule has 0 aromatic heterocycles. The summed E-state index contributed by atoms with van der Waals surface area (Å²) in [6.07, 6.45) is 5.67. The summed E-state index contributed by atoms with van der Waals surface area (Å²) in [5.41, 5.74) is 6.71. The highest BCUT2D eigenvalue weighted by Gasteiger charge is 2.31. The Bertz CT molecular complexity index is 419. The van der Waals surface area contributed by atoms with Gasteiger partial charge in [0.15, 0.2) is 5.78 Å². The maximum Gasteiger partial charge on any atom is 0.164 e. The molecule has 104 valence electrons. The molecule has 1 saturated carbocycles. The third-order valence-corrected chi connectivity index (χ3v) is 3.76. The molecule has 1 aliphatic carbocycles. The SMILES string of the molecule is CCCOc1ccc(C(=O)CC2(N)CCCC2)cc1. The van der Waals surface area contributed by atoms with Crippen LogP contribution in [0.2, 0.25) is 0 Å². The standard InChI is InChI=1S/C16H23NO2/c1-2-11-19-14-7-5-13(6-8-14)15(18)12-16(17)9-3-4-10-16/h5-8H,2-4,9-12,17H2,1H3. The van der Waals surface area contributed by atoms with Crippen molar-refractivity contribution in [3.63, 3.8) is 0 Å². The number of ether oxygens (including phenoxy) is 1. The van der Waals surface area contributed by atoms with Crippen molar-refractivity contribution in [2.24, 2.45) is 5.73 Å². The largest absolute Gasteiger partial charge is 0.494 e. The van der Waals surface area contributed by atoms with Gasteiger partial charge in [0.1, 0.15) is 5.75 Å². The Morgan fingerprint density at radius 3 is 2.47 bits per heavy atom. The van der Waals surface area contributed by atoms with Crippen molar-refractivity contribution in [1.29, 1.82) is 0 Å². The predicted molar refractivity (Wildman–Crippen MR) is 76.6 cm³/mol. The number of rotatable bonds is 6. The van der Waals surface area contributed by atoms with Crippen LogP contribution < -0.4 is 10.5 Å². The summed E-state index contributed by atoms with van der Waals surface area (Å²) in [6, 6.07) is 7.40. The van der Waals surface area contributed by atoms with Gasteiger partial charge in [0.05, 0.1) is 6.61 Å². The number of hydrogen-bond acceptors (Lipinski definition) is 3. The molecule has 0 spiro atoms. The summed E-state index contributed by atoms with van der Waals surface area (Å²) in [5.74, 6) is 0.966. The number of benzene rings is 1. The third-order valence-electron chi connectivity index (χ3n) is 3.76. The molecule has 1 aliphatic rings. The van der Waals surface area contributed by atoms with E-state index in [-0.39, 0.29) is 11.3 Å². The second-order valence-electron chi connectivity index (χ2n) is 5.54. The molecule has 19 heavy (non-hydrogen) atoms. The fourth-order valence-corrected chi connectivity index (χ4v) is 2.63. The van der Waals surface area contributed by atoms with Gasteiger partial charge in [0, 0.05) is 17.5 Å². The highest BCUT2D eigenvalue weighted by molar-refractivity contribution is 5.96. The molecule has 2 rings (SSSR count). The second kappa shape index (κ2) is 6.20. The zero-order chi connectivity index (χ0) is 13.7. The lowest BCUT2D eigenvalue weighted by Gasteiger charge is -2.22. The zero-order valence-electron chi connectivity index (χ0n) is 11.7. The molecule has 3 heteroatoms. The average Bonchev–Trinajstić information content (AvgIpc) is 2.83. The minimum atomic E-state index is -0.269. The van der Waals surface area contributed by atoms with E-state index >= 15 is 0 Å². The van der Waals surface area contributed by atoms with E-state index in [9.17, 15) is 4.79 Å². The predicted octanol–water partition coefficient (Wildman–Crippen LogP) is 3.32. The van der Waals surface area contributed by atoms with Crippen LogP contribution in [0.4, 0.5) is 0 Å². The van der Waals surface area contributed by atoms with Crippen molar-refractivity contribution < 1.29 is 9.53 Å². The number of carbonyl (C=O) groups excluding carboxylic acids is 1. The Labute approximate surface area is 115 Å². The molecule has 3 nitrogen and oxygen atoms in total. The van der Waals surface area contributed by atoms with Crippen molar-refractivity contribution in [3.05, 3.63) is 29.8 Å². The van der Waals surface area contributed by atoms with Crippen LogP contribution in [0.5, 0.6) is 5.75 Å². The molecule has 0 saturated heterocycles. The Balaban J connectivity index is 1.95. The van der Waals surface area contributed by atoms with Crippen LogP contribution in [0.25, 0.3) is 0 Å². The van der Waals surface area contributed by atoms with Crippen molar-refractivity contribution in [3.8, 4) is 5.75 Å². The first-order valence-electron chi connectivity index (χ1n) is 7.18. The molecule has 1 aromatic carbocycles. The van der Waals surface area contributed by atoms with Crippen LogP contribution in [-0.4, -0.2) is 17.9 Å². The lowest BCUT2D eigenvalue weighted by atomic mass is 9.90. The molecule has 0 heterocycles. The van der Waals surface area contributed by atoms with Gasteiger partial charge in [0.25, 0.3) is 0 Å². The Morgan fingerprint density at radius 2 is 1.89 bits per heavy atom. The van der Waals surface area contributed by atoms with E-state index in [1.54, 1.807) is 0 Å². The first kappa shape index (κ1) is 14.1. The minimum Gasteiger partial charge on any atom is -0.494 e. The van der Waals surface area contributed by atoms with Crippen LogP contribution >= 0.6 is 0 Å². The van der Waals surface area contributed by atoms with Crippen LogP contribution in [0.15, 0.2) is 24.3 Å². The molecular formula is C16H23NO2. The molecule has 0 bridgehead atoms. The normalized spacial score (nSPS) is 17.4. The zero-order valence-corrected chi connectivity index (χ0v) is 11.7. The van der Waals surface area contributed by atoms with Gasteiger partial charge in [-0.05, 0) is 43.5 Å². The molecule has 0 atom stereocenters. The Hall–Kier alpha value is -1.35. The molecule has 0 amide bonds. The Morgan fingerprint density at radius 1 is 1.26 bits per heavy atom. The van der Waals surface area contributed by atoms with E-state index in [1.165, 1.54) is 0 Å². The van der Waals surface area contributed by atoms with E-state index < -0.39 is 0 Å². The molecule has 2 N–H and O–H groups in total. The minimum absolute atomic E-state index is 0.145. The highest BCUT2D eigenvalue weighted by Crippen LogP contribution is 2.31. The fourth-order valence-electron chi connectivity index (χ4n) is 2.63. The van der Waals surface area contributed by atoms with Gasteiger partial charge in [-0.1, -0.05) is 19.8 Å². The van der Waals surface area contributed by atoms with Crippen molar-refractivity contribution >= 4 is 5.78 Å². The molecule has 1 fully saturated rings.